The molecular weight excluding hydrogens is 278 g/mol. The molecule has 0 amide bonds. The lowest BCUT2D eigenvalue weighted by Crippen LogP contribution is -2.31. The maximum Gasteiger partial charge on any atom is 0.237 e. The first-order chi connectivity index (χ1) is 9.57. The average molecular weight is 299 g/mol. The van der Waals surface area contributed by atoms with Gasteiger partial charge in [-0.15, -0.1) is 0 Å². The summed E-state index contributed by atoms with van der Waals surface area (Å²) in [5.41, 5.74) is 0.700. The van der Waals surface area contributed by atoms with E-state index in [1.54, 1.807) is 19.5 Å². The molecule has 1 aromatic heterocycles. The summed E-state index contributed by atoms with van der Waals surface area (Å²) in [6.07, 6.45) is 4.81. The molecule has 2 unspecified atom stereocenters. The van der Waals surface area contributed by atoms with Gasteiger partial charge in [0.15, 0.2) is 9.84 Å². The Bertz CT molecular complexity index is 548. The molecule has 2 heterocycles. The number of methoxy groups -OCH3 is 1. The van der Waals surface area contributed by atoms with Crippen molar-refractivity contribution in [3.8, 4) is 5.88 Å². The maximum absolute atomic E-state index is 11.7. The second-order valence-corrected chi connectivity index (χ2v) is 7.27. The van der Waals surface area contributed by atoms with Crippen molar-refractivity contribution in [1.82, 2.24) is 15.3 Å². The van der Waals surface area contributed by atoms with Crippen LogP contribution in [0.1, 0.15) is 31.5 Å². The summed E-state index contributed by atoms with van der Waals surface area (Å²) in [4.78, 5) is 8.51. The Hall–Kier alpha value is -1.21. The Balaban J connectivity index is 2.27. The van der Waals surface area contributed by atoms with Gasteiger partial charge >= 0.3 is 0 Å². The second kappa shape index (κ2) is 6.49. The lowest BCUT2D eigenvalue weighted by molar-refractivity contribution is 0.343. The first-order valence-corrected chi connectivity index (χ1v) is 8.68. The van der Waals surface area contributed by atoms with Crippen LogP contribution in [0, 0.1) is 5.92 Å². The maximum atomic E-state index is 11.7. The zero-order chi connectivity index (χ0) is 14.6. The largest absolute Gasteiger partial charge is 0.480 e. The van der Waals surface area contributed by atoms with E-state index in [-0.39, 0.29) is 23.5 Å². The monoisotopic (exact) mass is 299 g/mol. The zero-order valence-electron chi connectivity index (χ0n) is 11.9. The molecule has 6 nitrogen and oxygen atoms in total. The third kappa shape index (κ3) is 3.46. The predicted octanol–water partition coefficient (Wildman–Crippen LogP) is 0.961. The Morgan fingerprint density at radius 3 is 2.80 bits per heavy atom. The summed E-state index contributed by atoms with van der Waals surface area (Å²) in [7, 11) is -1.37. The molecule has 0 radical (unpaired) electrons. The van der Waals surface area contributed by atoms with Crippen LogP contribution < -0.4 is 10.1 Å². The van der Waals surface area contributed by atoms with Crippen molar-refractivity contribution in [1.29, 1.82) is 0 Å². The van der Waals surface area contributed by atoms with Gasteiger partial charge in [-0.05, 0) is 25.3 Å². The normalized spacial score (nSPS) is 22.6. The standard InChI is InChI=1S/C13H21N3O3S/c1-3-5-14-11(10-4-8-20(17,18)9-10)12-13(19-2)16-7-6-15-12/h6-7,10-11,14H,3-5,8-9H2,1-2H3. The van der Waals surface area contributed by atoms with Gasteiger partial charge in [-0.3, -0.25) is 4.98 Å². The molecule has 112 valence electrons. The summed E-state index contributed by atoms with van der Waals surface area (Å²) < 4.78 is 28.7. The second-order valence-electron chi connectivity index (χ2n) is 5.05. The molecule has 2 atom stereocenters. The molecule has 0 aliphatic carbocycles. The highest BCUT2D eigenvalue weighted by molar-refractivity contribution is 7.91. The number of nitrogens with zero attached hydrogens (tertiary/aromatic N) is 2. The first kappa shape index (κ1) is 15.2. The van der Waals surface area contributed by atoms with E-state index in [1.165, 1.54) is 0 Å². The molecule has 0 aromatic carbocycles. The summed E-state index contributed by atoms with van der Waals surface area (Å²) in [5.74, 6) is 0.945. The predicted molar refractivity (Wildman–Crippen MR) is 76.4 cm³/mol. The van der Waals surface area contributed by atoms with E-state index in [0.717, 1.165) is 13.0 Å². The van der Waals surface area contributed by atoms with Crippen LogP contribution in [0.5, 0.6) is 5.88 Å². The van der Waals surface area contributed by atoms with Crippen LogP contribution in [-0.2, 0) is 9.84 Å². The van der Waals surface area contributed by atoms with Crippen LogP contribution in [0.3, 0.4) is 0 Å². The number of rotatable bonds is 6. The van der Waals surface area contributed by atoms with Crippen molar-refractivity contribution < 1.29 is 13.2 Å². The highest BCUT2D eigenvalue weighted by Crippen LogP contribution is 2.33. The van der Waals surface area contributed by atoms with Gasteiger partial charge in [0.2, 0.25) is 5.88 Å². The number of ether oxygens (including phenoxy) is 1. The van der Waals surface area contributed by atoms with E-state index in [4.69, 9.17) is 4.74 Å². The fraction of sp³-hybridized carbons (Fsp3) is 0.692. The van der Waals surface area contributed by atoms with Gasteiger partial charge in [0.05, 0.1) is 24.7 Å². The molecule has 20 heavy (non-hydrogen) atoms. The van der Waals surface area contributed by atoms with E-state index < -0.39 is 9.84 Å². The quantitative estimate of drug-likeness (QED) is 0.842. The Kier molecular flexibility index (Phi) is 4.93. The summed E-state index contributed by atoms with van der Waals surface area (Å²) in [6.45, 7) is 2.88. The topological polar surface area (TPSA) is 81.2 Å². The van der Waals surface area contributed by atoms with E-state index in [2.05, 4.69) is 22.2 Å². The van der Waals surface area contributed by atoms with Gasteiger partial charge in [-0.2, -0.15) is 0 Å². The van der Waals surface area contributed by atoms with Crippen LogP contribution in [0.2, 0.25) is 0 Å². The molecule has 0 spiro atoms. The molecule has 1 fully saturated rings. The van der Waals surface area contributed by atoms with Crippen LogP contribution >= 0.6 is 0 Å². The van der Waals surface area contributed by atoms with Crippen molar-refractivity contribution in [3.63, 3.8) is 0 Å². The molecule has 0 bridgehead atoms. The molecule has 1 aromatic rings. The van der Waals surface area contributed by atoms with E-state index >= 15 is 0 Å². The van der Waals surface area contributed by atoms with Gasteiger partial charge in [-0.1, -0.05) is 6.92 Å². The molecule has 1 aliphatic rings. The van der Waals surface area contributed by atoms with Gasteiger partial charge in [0, 0.05) is 12.4 Å². The van der Waals surface area contributed by atoms with Gasteiger partial charge in [0.1, 0.15) is 5.69 Å². The minimum Gasteiger partial charge on any atom is -0.480 e. The zero-order valence-corrected chi connectivity index (χ0v) is 12.7. The fourth-order valence-electron chi connectivity index (χ4n) is 2.58. The summed E-state index contributed by atoms with van der Waals surface area (Å²) in [5, 5.41) is 3.39. The third-order valence-corrected chi connectivity index (χ3v) is 5.33. The molecular formula is C13H21N3O3S. The van der Waals surface area contributed by atoms with Crippen molar-refractivity contribution in [2.24, 2.45) is 5.92 Å². The lowest BCUT2D eigenvalue weighted by Gasteiger charge is -2.24. The minimum absolute atomic E-state index is 0.0251. The van der Waals surface area contributed by atoms with Crippen molar-refractivity contribution >= 4 is 9.84 Å². The Morgan fingerprint density at radius 1 is 1.45 bits per heavy atom. The van der Waals surface area contributed by atoms with Crippen LogP contribution in [0.4, 0.5) is 0 Å². The molecule has 2 rings (SSSR count). The van der Waals surface area contributed by atoms with Crippen LogP contribution in [0.25, 0.3) is 0 Å². The van der Waals surface area contributed by atoms with Gasteiger partial charge in [0.25, 0.3) is 0 Å². The first-order valence-electron chi connectivity index (χ1n) is 6.86. The van der Waals surface area contributed by atoms with E-state index in [9.17, 15) is 8.42 Å². The molecule has 1 N–H and O–H groups in total. The summed E-state index contributed by atoms with van der Waals surface area (Å²) >= 11 is 0. The smallest absolute Gasteiger partial charge is 0.237 e. The average Bonchev–Trinajstić information content (AvgIpc) is 2.80. The van der Waals surface area contributed by atoms with E-state index in [1.807, 2.05) is 0 Å². The van der Waals surface area contributed by atoms with Crippen molar-refractivity contribution in [3.05, 3.63) is 18.1 Å². The summed E-state index contributed by atoms with van der Waals surface area (Å²) in [6, 6.07) is -0.129. The van der Waals surface area contributed by atoms with Crippen LogP contribution in [-0.4, -0.2) is 43.5 Å². The number of aromatic nitrogens is 2. The highest BCUT2D eigenvalue weighted by Gasteiger charge is 2.36. The SMILES string of the molecule is CCCNC(c1nccnc1OC)C1CCS(=O)(=O)C1. The number of hydrogen-bond acceptors (Lipinski definition) is 6. The van der Waals surface area contributed by atoms with Crippen LogP contribution in [0.15, 0.2) is 12.4 Å². The van der Waals surface area contributed by atoms with Crippen molar-refractivity contribution in [2.75, 3.05) is 25.2 Å². The third-order valence-electron chi connectivity index (χ3n) is 3.53. The Morgan fingerprint density at radius 2 is 2.20 bits per heavy atom. The number of nitrogens with one attached hydrogen (secondary N) is 1. The molecule has 0 saturated carbocycles. The molecule has 7 heteroatoms. The fourth-order valence-corrected chi connectivity index (χ4v) is 4.42. The molecule has 1 aliphatic heterocycles. The Labute approximate surface area is 119 Å². The van der Waals surface area contributed by atoms with Gasteiger partial charge < -0.3 is 10.1 Å². The van der Waals surface area contributed by atoms with E-state index in [0.29, 0.717) is 18.0 Å². The van der Waals surface area contributed by atoms with Gasteiger partial charge in [-0.25, -0.2) is 13.4 Å². The number of sulfone groups is 1. The minimum atomic E-state index is -2.92. The lowest BCUT2D eigenvalue weighted by atomic mass is 9.96. The number of hydrogen-bond donors (Lipinski definition) is 1. The van der Waals surface area contributed by atoms with Crippen molar-refractivity contribution in [2.45, 2.75) is 25.8 Å². The highest BCUT2D eigenvalue weighted by atomic mass is 32.2. The molecule has 1 saturated heterocycles.